The van der Waals surface area contributed by atoms with Gasteiger partial charge >= 0.3 is 0 Å². The van der Waals surface area contributed by atoms with Gasteiger partial charge in [0, 0.05) is 0 Å². The minimum atomic E-state index is 0.796. The van der Waals surface area contributed by atoms with E-state index in [1.54, 1.807) is 0 Å². The molecule has 0 aromatic carbocycles. The van der Waals surface area contributed by atoms with Crippen molar-refractivity contribution >= 4 is 0 Å². The Bertz CT molecular complexity index is 64.3. The summed E-state index contributed by atoms with van der Waals surface area (Å²) < 4.78 is 0. The van der Waals surface area contributed by atoms with E-state index in [-0.39, 0.29) is 0 Å². The van der Waals surface area contributed by atoms with E-state index in [1.165, 1.54) is 6.42 Å². The molecule has 0 aromatic heterocycles. The molecular weight excluding hydrogens is 124 g/mol. The van der Waals surface area contributed by atoms with Gasteiger partial charge in [0.05, 0.1) is 0 Å². The van der Waals surface area contributed by atoms with Crippen molar-refractivity contribution in [1.29, 1.82) is 0 Å². The summed E-state index contributed by atoms with van der Waals surface area (Å²) in [4.78, 5) is 0. The maximum atomic E-state index is 3.34. The van der Waals surface area contributed by atoms with E-state index in [0.29, 0.717) is 0 Å². The lowest BCUT2D eigenvalue weighted by atomic mass is 10.1. The molecule has 0 bridgehead atoms. The predicted octanol–water partition coefficient (Wildman–Crippen LogP) is 0.841. The first-order valence-electron chi connectivity index (χ1n) is 4.20. The maximum Gasteiger partial charge on any atom is -0.000860 e. The third-order valence-corrected chi connectivity index (χ3v) is 1.75. The minimum absolute atomic E-state index is 0.796. The quantitative estimate of drug-likeness (QED) is 0.577. The van der Waals surface area contributed by atoms with Crippen LogP contribution in [0.1, 0.15) is 20.3 Å². The van der Waals surface area contributed by atoms with Crippen molar-refractivity contribution in [3.05, 3.63) is 0 Å². The predicted molar refractivity (Wildman–Crippen MR) is 46.3 cm³/mol. The van der Waals surface area contributed by atoms with E-state index in [4.69, 9.17) is 0 Å². The second-order valence-corrected chi connectivity index (χ2v) is 2.64. The average molecular weight is 144 g/mol. The second-order valence-electron chi connectivity index (χ2n) is 2.64. The number of hydrogen-bond donors (Lipinski definition) is 2. The number of nitrogens with one attached hydrogen (secondary N) is 2. The van der Waals surface area contributed by atoms with Gasteiger partial charge in [-0.3, -0.25) is 0 Å². The van der Waals surface area contributed by atoms with Crippen molar-refractivity contribution < 1.29 is 0 Å². The van der Waals surface area contributed by atoms with Crippen LogP contribution >= 0.6 is 0 Å². The Morgan fingerprint density at radius 3 is 2.30 bits per heavy atom. The molecule has 0 fully saturated rings. The lowest BCUT2D eigenvalue weighted by molar-refractivity contribution is 0.451. The molecule has 0 saturated heterocycles. The Morgan fingerprint density at radius 2 is 1.90 bits per heavy atom. The summed E-state index contributed by atoms with van der Waals surface area (Å²) in [5, 5.41) is 6.53. The molecule has 0 radical (unpaired) electrons. The molecule has 1 atom stereocenters. The van der Waals surface area contributed by atoms with Gasteiger partial charge in [0.25, 0.3) is 0 Å². The lowest BCUT2D eigenvalue weighted by Crippen LogP contribution is -2.29. The molecule has 1 unspecified atom stereocenters. The first kappa shape index (κ1) is 9.92. The molecule has 0 spiro atoms. The molecule has 10 heavy (non-hydrogen) atoms. The van der Waals surface area contributed by atoms with Crippen LogP contribution in [0.3, 0.4) is 0 Å². The van der Waals surface area contributed by atoms with Crippen LogP contribution in [-0.2, 0) is 0 Å². The Kier molecular flexibility index (Phi) is 6.98. The van der Waals surface area contributed by atoms with Gasteiger partial charge in [0.15, 0.2) is 0 Å². The fraction of sp³-hybridized carbons (Fsp3) is 1.00. The van der Waals surface area contributed by atoms with Crippen LogP contribution in [0.5, 0.6) is 0 Å². The molecule has 0 aromatic rings. The summed E-state index contributed by atoms with van der Waals surface area (Å²) in [6.07, 6.45) is 1.26. The summed E-state index contributed by atoms with van der Waals surface area (Å²) in [6.45, 7) is 7.74. The van der Waals surface area contributed by atoms with Crippen LogP contribution in [0.15, 0.2) is 0 Å². The summed E-state index contributed by atoms with van der Waals surface area (Å²) in [5.74, 6) is 0.796. The van der Waals surface area contributed by atoms with Gasteiger partial charge in [-0.1, -0.05) is 20.3 Å². The molecule has 2 nitrogen and oxygen atoms in total. The number of rotatable bonds is 6. The van der Waals surface area contributed by atoms with Crippen molar-refractivity contribution in [3.63, 3.8) is 0 Å². The third kappa shape index (κ3) is 4.77. The Hall–Kier alpha value is -0.0800. The zero-order valence-electron chi connectivity index (χ0n) is 7.41. The lowest BCUT2D eigenvalue weighted by Gasteiger charge is -2.13. The summed E-state index contributed by atoms with van der Waals surface area (Å²) in [6, 6.07) is 0. The summed E-state index contributed by atoms with van der Waals surface area (Å²) in [7, 11) is 2.01. The van der Waals surface area contributed by atoms with Gasteiger partial charge in [-0.05, 0) is 32.6 Å². The SMILES string of the molecule is CCNCC(CC)CNC. The molecule has 0 aliphatic heterocycles. The summed E-state index contributed by atoms with van der Waals surface area (Å²) in [5.41, 5.74) is 0. The van der Waals surface area contributed by atoms with Crippen molar-refractivity contribution in [2.75, 3.05) is 26.7 Å². The normalized spacial score (nSPS) is 13.5. The topological polar surface area (TPSA) is 24.1 Å². The van der Waals surface area contributed by atoms with E-state index in [2.05, 4.69) is 24.5 Å². The highest BCUT2D eigenvalue weighted by molar-refractivity contribution is 4.61. The largest absolute Gasteiger partial charge is 0.319 e. The van der Waals surface area contributed by atoms with Gasteiger partial charge in [-0.2, -0.15) is 0 Å². The molecule has 2 N–H and O–H groups in total. The molecule has 0 rings (SSSR count). The smallest absolute Gasteiger partial charge is 0.000860 e. The van der Waals surface area contributed by atoms with Crippen molar-refractivity contribution in [2.45, 2.75) is 20.3 Å². The highest BCUT2D eigenvalue weighted by Gasteiger charge is 2.01. The van der Waals surface area contributed by atoms with Crippen LogP contribution in [0.4, 0.5) is 0 Å². The van der Waals surface area contributed by atoms with Crippen LogP contribution in [0, 0.1) is 5.92 Å². The van der Waals surface area contributed by atoms with Crippen molar-refractivity contribution in [3.8, 4) is 0 Å². The highest BCUT2D eigenvalue weighted by Crippen LogP contribution is 1.97. The van der Waals surface area contributed by atoms with Crippen LogP contribution in [0.2, 0.25) is 0 Å². The molecule has 0 aliphatic carbocycles. The maximum absolute atomic E-state index is 3.34. The molecule has 0 amide bonds. The Labute approximate surface area is 64.4 Å². The molecular formula is C8H20N2. The summed E-state index contributed by atoms with van der Waals surface area (Å²) >= 11 is 0. The van der Waals surface area contributed by atoms with Crippen LogP contribution in [-0.4, -0.2) is 26.7 Å². The average Bonchev–Trinajstić information content (AvgIpc) is 1.98. The molecule has 62 valence electrons. The van der Waals surface area contributed by atoms with Crippen LogP contribution < -0.4 is 10.6 Å². The highest BCUT2D eigenvalue weighted by atomic mass is 14.9. The van der Waals surface area contributed by atoms with Gasteiger partial charge in [-0.15, -0.1) is 0 Å². The first-order valence-corrected chi connectivity index (χ1v) is 4.20. The van der Waals surface area contributed by atoms with Gasteiger partial charge < -0.3 is 10.6 Å². The van der Waals surface area contributed by atoms with Crippen molar-refractivity contribution in [2.24, 2.45) is 5.92 Å². The van der Waals surface area contributed by atoms with E-state index >= 15 is 0 Å². The monoisotopic (exact) mass is 144 g/mol. The molecule has 0 saturated carbocycles. The van der Waals surface area contributed by atoms with Gasteiger partial charge in [0.2, 0.25) is 0 Å². The third-order valence-electron chi connectivity index (χ3n) is 1.75. The number of hydrogen-bond acceptors (Lipinski definition) is 2. The van der Waals surface area contributed by atoms with E-state index < -0.39 is 0 Å². The Morgan fingerprint density at radius 1 is 1.20 bits per heavy atom. The van der Waals surface area contributed by atoms with E-state index in [0.717, 1.165) is 25.6 Å². The first-order chi connectivity index (χ1) is 4.85. The molecule has 0 aliphatic rings. The minimum Gasteiger partial charge on any atom is -0.319 e. The van der Waals surface area contributed by atoms with Gasteiger partial charge in [-0.25, -0.2) is 0 Å². The van der Waals surface area contributed by atoms with E-state index in [9.17, 15) is 0 Å². The Balaban J connectivity index is 3.21. The van der Waals surface area contributed by atoms with E-state index in [1.807, 2.05) is 7.05 Å². The van der Waals surface area contributed by atoms with Gasteiger partial charge in [0.1, 0.15) is 0 Å². The fourth-order valence-corrected chi connectivity index (χ4v) is 0.998. The standard InChI is InChI=1S/C8H20N2/c1-4-8(6-9-3)7-10-5-2/h8-10H,4-7H2,1-3H3. The zero-order valence-corrected chi connectivity index (χ0v) is 7.41. The van der Waals surface area contributed by atoms with Crippen molar-refractivity contribution in [1.82, 2.24) is 10.6 Å². The molecule has 2 heteroatoms. The molecule has 0 heterocycles. The fourth-order valence-electron chi connectivity index (χ4n) is 0.998. The van der Waals surface area contributed by atoms with Crippen LogP contribution in [0.25, 0.3) is 0 Å². The second kappa shape index (κ2) is 7.03. The zero-order chi connectivity index (χ0) is 7.82.